The highest BCUT2D eigenvalue weighted by Crippen LogP contribution is 2.25. The van der Waals surface area contributed by atoms with Gasteiger partial charge in [-0.05, 0) is 54.8 Å². The Bertz CT molecular complexity index is 1420. The van der Waals surface area contributed by atoms with E-state index >= 15 is 0 Å². The fourth-order valence-electron chi connectivity index (χ4n) is 4.48. The number of rotatable bonds is 6. The second-order valence-electron chi connectivity index (χ2n) is 9.05. The average molecular weight is 496 g/mol. The molecule has 35 heavy (non-hydrogen) atoms. The molecule has 0 amide bonds. The summed E-state index contributed by atoms with van der Waals surface area (Å²) in [7, 11) is -1.08. The molecule has 182 valence electrons. The molecular weight excluding hydrogens is 469 g/mol. The summed E-state index contributed by atoms with van der Waals surface area (Å²) in [5, 5.41) is 15.9. The lowest BCUT2D eigenvalue weighted by Crippen LogP contribution is -2.47. The summed E-state index contributed by atoms with van der Waals surface area (Å²) in [6, 6.07) is 13.6. The number of fused-ring (bicyclic) bond motifs is 1. The van der Waals surface area contributed by atoms with Crippen LogP contribution in [0.25, 0.3) is 16.7 Å². The minimum absolute atomic E-state index is 0.154. The molecule has 1 N–H and O–H groups in total. The lowest BCUT2D eigenvalue weighted by atomic mass is 9.91. The number of hydrogen-bond acceptors (Lipinski definition) is 6. The molecule has 0 saturated carbocycles. The summed E-state index contributed by atoms with van der Waals surface area (Å²) < 4.78 is 27.8. The molecule has 0 bridgehead atoms. The molecule has 10 heteroatoms. The monoisotopic (exact) mass is 495 g/mol. The zero-order chi connectivity index (χ0) is 24.6. The largest absolute Gasteiger partial charge is 0.388 e. The van der Waals surface area contributed by atoms with Crippen LogP contribution in [0.4, 0.5) is 4.39 Å². The van der Waals surface area contributed by atoms with E-state index in [1.165, 1.54) is 29.2 Å². The van der Waals surface area contributed by atoms with Crippen LogP contribution in [0.15, 0.2) is 70.7 Å². The van der Waals surface area contributed by atoms with E-state index in [1.54, 1.807) is 47.3 Å². The van der Waals surface area contributed by atoms with E-state index in [2.05, 4.69) is 15.0 Å². The van der Waals surface area contributed by atoms with Crippen LogP contribution in [0, 0.1) is 5.82 Å². The van der Waals surface area contributed by atoms with Gasteiger partial charge in [0.15, 0.2) is 5.65 Å². The molecule has 4 aromatic rings. The summed E-state index contributed by atoms with van der Waals surface area (Å²) in [6.07, 6.45) is 5.60. The molecule has 1 atom stereocenters. The van der Waals surface area contributed by atoms with Crippen molar-refractivity contribution in [3.05, 3.63) is 82.8 Å². The standard InChI is InChI=1S/C25H26FN5O3S/c1-35(34)21-8-6-20(7-9-21)31-23-22(14-28-31)24(32)30(17-27-23)16-25(33)10-12-29(13-11-25)15-18-2-4-19(26)5-3-18/h2-9,14,17,33H,10-13,15-16H2,1H3/t35-/m1/s1. The van der Waals surface area contributed by atoms with Crippen LogP contribution in [0.3, 0.4) is 0 Å². The Hall–Kier alpha value is -3.21. The molecule has 0 radical (unpaired) electrons. The van der Waals surface area contributed by atoms with Gasteiger partial charge in [0.05, 0.1) is 24.0 Å². The van der Waals surface area contributed by atoms with Crippen molar-refractivity contribution >= 4 is 21.8 Å². The maximum Gasteiger partial charge on any atom is 0.264 e. The lowest BCUT2D eigenvalue weighted by molar-refractivity contribution is -0.0364. The van der Waals surface area contributed by atoms with Gasteiger partial charge in [0, 0.05) is 41.6 Å². The predicted molar refractivity (Wildman–Crippen MR) is 131 cm³/mol. The van der Waals surface area contributed by atoms with Crippen molar-refractivity contribution in [1.29, 1.82) is 0 Å². The van der Waals surface area contributed by atoms with Crippen molar-refractivity contribution in [1.82, 2.24) is 24.2 Å². The second kappa shape index (κ2) is 9.44. The summed E-state index contributed by atoms with van der Waals surface area (Å²) >= 11 is 0. The number of aromatic nitrogens is 4. The molecule has 0 spiro atoms. The topological polar surface area (TPSA) is 93.2 Å². The van der Waals surface area contributed by atoms with Crippen molar-refractivity contribution in [3.8, 4) is 5.69 Å². The fourth-order valence-corrected chi connectivity index (χ4v) is 5.00. The fraction of sp³-hybridized carbons (Fsp3) is 0.320. The predicted octanol–water partition coefficient (Wildman–Crippen LogP) is 2.49. The third-order valence-corrected chi connectivity index (χ3v) is 7.47. The number of hydrogen-bond donors (Lipinski definition) is 1. The first kappa shape index (κ1) is 23.5. The van der Waals surface area contributed by atoms with E-state index in [0.717, 1.165) is 5.56 Å². The Balaban J connectivity index is 1.30. The summed E-state index contributed by atoms with van der Waals surface area (Å²) in [5.74, 6) is -0.254. The van der Waals surface area contributed by atoms with E-state index < -0.39 is 16.4 Å². The number of benzene rings is 2. The van der Waals surface area contributed by atoms with Crippen LogP contribution >= 0.6 is 0 Å². The highest BCUT2D eigenvalue weighted by Gasteiger charge is 2.33. The Kier molecular flexibility index (Phi) is 6.35. The van der Waals surface area contributed by atoms with Gasteiger partial charge in [-0.2, -0.15) is 5.10 Å². The molecule has 2 aromatic heterocycles. The van der Waals surface area contributed by atoms with Gasteiger partial charge in [-0.3, -0.25) is 18.5 Å². The number of likely N-dealkylation sites (tertiary alicyclic amines) is 1. The highest BCUT2D eigenvalue weighted by atomic mass is 32.2. The smallest absolute Gasteiger partial charge is 0.264 e. The van der Waals surface area contributed by atoms with E-state index in [9.17, 15) is 18.5 Å². The summed E-state index contributed by atoms with van der Waals surface area (Å²) in [6.45, 7) is 2.20. The van der Waals surface area contributed by atoms with E-state index in [4.69, 9.17) is 0 Å². The van der Waals surface area contributed by atoms with Gasteiger partial charge in [-0.15, -0.1) is 0 Å². The minimum Gasteiger partial charge on any atom is -0.388 e. The Labute approximate surface area is 204 Å². The normalized spacial score (nSPS) is 17.0. The SMILES string of the molecule is C[S@@](=O)c1ccc(-n2ncc3c(=O)n(CC4(O)CCN(Cc5ccc(F)cc5)CC4)cnc32)cc1. The van der Waals surface area contributed by atoms with Gasteiger partial charge in [0.1, 0.15) is 17.5 Å². The molecular formula is C25H26FN5O3S. The molecule has 1 saturated heterocycles. The van der Waals surface area contributed by atoms with Crippen LogP contribution in [-0.4, -0.2) is 58.5 Å². The number of nitrogens with zero attached hydrogens (tertiary/aromatic N) is 5. The van der Waals surface area contributed by atoms with Crippen LogP contribution < -0.4 is 5.56 Å². The molecule has 1 aliphatic heterocycles. The third-order valence-electron chi connectivity index (χ3n) is 6.54. The number of halogens is 1. The zero-order valence-electron chi connectivity index (χ0n) is 19.3. The van der Waals surface area contributed by atoms with Gasteiger partial charge in [0.25, 0.3) is 5.56 Å². The van der Waals surface area contributed by atoms with Crippen molar-refractivity contribution in [2.24, 2.45) is 0 Å². The molecule has 0 aliphatic carbocycles. The maximum atomic E-state index is 13.1. The summed E-state index contributed by atoms with van der Waals surface area (Å²) in [4.78, 5) is 20.5. The number of aliphatic hydroxyl groups is 1. The first-order valence-electron chi connectivity index (χ1n) is 11.4. The van der Waals surface area contributed by atoms with Crippen LogP contribution in [-0.2, 0) is 23.9 Å². The zero-order valence-corrected chi connectivity index (χ0v) is 20.1. The van der Waals surface area contributed by atoms with Crippen molar-refractivity contribution in [2.45, 2.75) is 36.4 Å². The van der Waals surface area contributed by atoms with Crippen LogP contribution in [0.1, 0.15) is 18.4 Å². The van der Waals surface area contributed by atoms with E-state index in [-0.39, 0.29) is 17.9 Å². The van der Waals surface area contributed by atoms with E-state index in [1.807, 2.05) is 0 Å². The second-order valence-corrected chi connectivity index (χ2v) is 10.4. The van der Waals surface area contributed by atoms with Gasteiger partial charge in [0.2, 0.25) is 0 Å². The Morgan fingerprint density at radius 1 is 1.09 bits per heavy atom. The van der Waals surface area contributed by atoms with E-state index in [0.29, 0.717) is 54.1 Å². The van der Waals surface area contributed by atoms with Crippen LogP contribution in [0.5, 0.6) is 0 Å². The first-order valence-corrected chi connectivity index (χ1v) is 12.9. The van der Waals surface area contributed by atoms with Gasteiger partial charge in [-0.1, -0.05) is 12.1 Å². The number of piperidine rings is 1. The Morgan fingerprint density at radius 2 is 1.77 bits per heavy atom. The van der Waals surface area contributed by atoms with Gasteiger partial charge < -0.3 is 5.11 Å². The quantitative estimate of drug-likeness (QED) is 0.442. The van der Waals surface area contributed by atoms with Crippen LogP contribution in [0.2, 0.25) is 0 Å². The van der Waals surface area contributed by atoms with Crippen molar-refractivity contribution in [3.63, 3.8) is 0 Å². The molecule has 5 rings (SSSR count). The average Bonchev–Trinajstić information content (AvgIpc) is 3.29. The van der Waals surface area contributed by atoms with Crippen molar-refractivity contribution in [2.75, 3.05) is 19.3 Å². The lowest BCUT2D eigenvalue weighted by Gasteiger charge is -2.38. The minimum atomic E-state index is -1.08. The molecule has 1 fully saturated rings. The molecule has 0 unspecified atom stereocenters. The maximum absolute atomic E-state index is 13.1. The summed E-state index contributed by atoms with van der Waals surface area (Å²) in [5.41, 5.74) is 0.899. The van der Waals surface area contributed by atoms with Crippen molar-refractivity contribution < 1.29 is 13.7 Å². The Morgan fingerprint density at radius 3 is 2.43 bits per heavy atom. The molecule has 1 aliphatic rings. The molecule has 2 aromatic carbocycles. The van der Waals surface area contributed by atoms with Gasteiger partial charge >= 0.3 is 0 Å². The molecule has 3 heterocycles. The first-order chi connectivity index (χ1) is 16.8. The highest BCUT2D eigenvalue weighted by molar-refractivity contribution is 7.84. The third kappa shape index (κ3) is 4.95. The van der Waals surface area contributed by atoms with Gasteiger partial charge in [-0.25, -0.2) is 14.1 Å². The molecule has 8 nitrogen and oxygen atoms in total.